The number of fused-ring (bicyclic) bond motifs is 1. The Labute approximate surface area is 100 Å². The third-order valence-corrected chi connectivity index (χ3v) is 1.38. The van der Waals surface area contributed by atoms with E-state index in [0.717, 1.165) is 0 Å². The molecule has 0 radical (unpaired) electrons. The zero-order chi connectivity index (χ0) is 7.14. The molecule has 4 heteroatoms. The van der Waals surface area contributed by atoms with Gasteiger partial charge < -0.3 is 9.84 Å². The van der Waals surface area contributed by atoms with Crippen molar-refractivity contribution in [3.05, 3.63) is 23.8 Å². The Morgan fingerprint density at radius 1 is 1.45 bits per heavy atom. The molecule has 0 aliphatic carbocycles. The van der Waals surface area contributed by atoms with Gasteiger partial charge in [-0.2, -0.15) is 0 Å². The molecule has 0 bridgehead atoms. The summed E-state index contributed by atoms with van der Waals surface area (Å²) in [5.74, 6) is 0.254. The second-order valence-electron chi connectivity index (χ2n) is 2.04. The van der Waals surface area contributed by atoms with Gasteiger partial charge in [0.05, 0.1) is 0 Å². The average Bonchev–Trinajstić information content (AvgIpc) is 2.63. The minimum absolute atomic E-state index is 0. The van der Waals surface area contributed by atoms with Gasteiger partial charge in [-0.05, 0) is 12.1 Å². The van der Waals surface area contributed by atoms with Crippen molar-refractivity contribution in [2.75, 3.05) is 0 Å². The number of hydrogen-bond donors (Lipinski definition) is 1. The van der Waals surface area contributed by atoms with Crippen molar-refractivity contribution in [3.8, 4) is 11.5 Å². The molecule has 11 heavy (non-hydrogen) atoms. The second kappa shape index (κ2) is 3.15. The Kier molecular flexibility index (Phi) is 2.59. The molecule has 1 N–H and O–H groups in total. The van der Waals surface area contributed by atoms with Crippen LogP contribution in [0.2, 0.25) is 0 Å². The maximum absolute atomic E-state index is 10.4. The monoisotopic (exact) mass is 226 g/mol. The Morgan fingerprint density at radius 3 is 2.73 bits per heavy atom. The Balaban J connectivity index is 0.000000605. The zero-order valence-corrected chi connectivity index (χ0v) is 5.00. The van der Waals surface area contributed by atoms with Crippen LogP contribution >= 0.6 is 0 Å². The van der Waals surface area contributed by atoms with Crippen LogP contribution in [-0.4, -0.2) is 56.6 Å². The van der Waals surface area contributed by atoms with E-state index < -0.39 is 5.97 Å². The van der Waals surface area contributed by atoms with Gasteiger partial charge in [0.2, 0.25) is 0 Å². The first-order valence-corrected chi connectivity index (χ1v) is 2.83. The molecule has 3 nitrogen and oxygen atoms in total. The summed E-state index contributed by atoms with van der Waals surface area (Å²) in [5, 5.41) is 8.52. The summed E-state index contributed by atoms with van der Waals surface area (Å²) < 4.78 is 4.85. The number of para-hydroxylation sites is 1. The number of aromatic carboxylic acids is 1. The summed E-state index contributed by atoms with van der Waals surface area (Å²) >= 11 is 0. The first kappa shape index (κ1) is 9.06. The van der Waals surface area contributed by atoms with Crippen LogP contribution in [0.15, 0.2) is 18.2 Å². The van der Waals surface area contributed by atoms with Gasteiger partial charge in [0.25, 0.3) is 0 Å². The summed E-state index contributed by atoms with van der Waals surface area (Å²) in [5.41, 5.74) is 0.248. The van der Waals surface area contributed by atoms with Crippen LogP contribution in [0.5, 0.6) is 11.5 Å². The normalized spacial score (nSPS) is 10.5. The third kappa shape index (κ3) is 1.59. The van der Waals surface area contributed by atoms with Gasteiger partial charge in [0, 0.05) is 0 Å². The van der Waals surface area contributed by atoms with Gasteiger partial charge in [-0.15, -0.1) is 0 Å². The van der Waals surface area contributed by atoms with Crippen LogP contribution in [0.3, 0.4) is 0 Å². The number of ether oxygens (including phenoxy) is 1. The van der Waals surface area contributed by atoms with Crippen molar-refractivity contribution in [3.63, 3.8) is 0 Å². The van der Waals surface area contributed by atoms with E-state index in [-0.39, 0.29) is 51.0 Å². The predicted octanol–water partition coefficient (Wildman–Crippen LogP) is 0.574. The molecule has 54 valence electrons. The summed E-state index contributed by atoms with van der Waals surface area (Å²) in [4.78, 5) is 10.4. The molecule has 0 fully saturated rings. The standard InChI is InChI=1S/C7H4O3.Sr.2H/c8-7(9)4-2-1-3-5-6(4)10-5;;;/h1-3H,(H,8,9);;;. The molecule has 2 rings (SSSR count). The first-order valence-electron chi connectivity index (χ1n) is 2.83. The molecule has 1 heterocycles. The van der Waals surface area contributed by atoms with Crippen molar-refractivity contribution in [1.29, 1.82) is 0 Å². The Morgan fingerprint density at radius 2 is 2.18 bits per heavy atom. The molecule has 0 aromatic heterocycles. The molecule has 1 aliphatic heterocycles. The van der Waals surface area contributed by atoms with Crippen LogP contribution < -0.4 is 4.74 Å². The molecular formula is C7H6O3Sr. The van der Waals surface area contributed by atoms with Gasteiger partial charge in [0.15, 0.2) is 11.5 Å². The topological polar surface area (TPSA) is 49.8 Å². The molecule has 0 unspecified atom stereocenters. The van der Waals surface area contributed by atoms with Gasteiger partial charge in [-0.1, -0.05) is 6.07 Å². The molecule has 0 saturated carbocycles. The number of carboxylic acids is 1. The number of rotatable bonds is 1. The summed E-state index contributed by atoms with van der Waals surface area (Å²) in [6.45, 7) is 0. The fourth-order valence-electron chi connectivity index (χ4n) is 0.858. The molecule has 0 atom stereocenters. The van der Waals surface area contributed by atoms with E-state index in [4.69, 9.17) is 9.84 Å². The number of carboxylic acid groups (broad SMARTS) is 1. The van der Waals surface area contributed by atoms with Crippen LogP contribution in [0.4, 0.5) is 0 Å². The third-order valence-electron chi connectivity index (χ3n) is 1.38. The van der Waals surface area contributed by atoms with E-state index in [2.05, 4.69) is 0 Å². The summed E-state index contributed by atoms with van der Waals surface area (Å²) in [6.07, 6.45) is 0. The summed E-state index contributed by atoms with van der Waals surface area (Å²) in [6, 6.07) is 4.92. The fourth-order valence-corrected chi connectivity index (χ4v) is 0.858. The van der Waals surface area contributed by atoms with Crippen molar-refractivity contribution in [2.24, 2.45) is 0 Å². The SMILES string of the molecule is O=C(O)c1cccc2c1O2.[SrH2]. The van der Waals surface area contributed by atoms with Gasteiger partial charge in [-0.25, -0.2) is 4.79 Å². The number of carbonyl (C=O) groups is 1. The number of benzene rings is 1. The Hall–Kier alpha value is -0.0295. The van der Waals surface area contributed by atoms with Crippen molar-refractivity contribution in [2.45, 2.75) is 0 Å². The van der Waals surface area contributed by atoms with Gasteiger partial charge in [-0.3, -0.25) is 0 Å². The van der Waals surface area contributed by atoms with E-state index in [9.17, 15) is 4.79 Å². The van der Waals surface area contributed by atoms with Crippen molar-refractivity contribution >= 4 is 51.5 Å². The average molecular weight is 226 g/mol. The van der Waals surface area contributed by atoms with Gasteiger partial charge in [0.1, 0.15) is 5.56 Å². The molecular weight excluding hydrogens is 220 g/mol. The minimum atomic E-state index is -0.936. The first-order chi connectivity index (χ1) is 4.79. The van der Waals surface area contributed by atoms with E-state index in [1.54, 1.807) is 12.1 Å². The molecule has 1 aromatic carbocycles. The van der Waals surface area contributed by atoms with E-state index >= 15 is 0 Å². The van der Waals surface area contributed by atoms with Crippen LogP contribution in [0.1, 0.15) is 10.4 Å². The van der Waals surface area contributed by atoms with E-state index in [1.807, 2.05) is 0 Å². The Bertz CT molecular complexity index is 309. The molecule has 1 aromatic rings. The van der Waals surface area contributed by atoms with Crippen LogP contribution in [-0.2, 0) is 0 Å². The number of hydrogen-bond acceptors (Lipinski definition) is 2. The maximum atomic E-state index is 10.4. The summed E-state index contributed by atoms with van der Waals surface area (Å²) in [7, 11) is 0. The molecule has 0 amide bonds. The fraction of sp³-hybridized carbons (Fsp3) is 0. The van der Waals surface area contributed by atoms with E-state index in [1.165, 1.54) is 6.07 Å². The van der Waals surface area contributed by atoms with Crippen LogP contribution in [0, 0.1) is 0 Å². The second-order valence-corrected chi connectivity index (χ2v) is 2.04. The molecule has 0 saturated heterocycles. The quantitative estimate of drug-likeness (QED) is 0.571. The molecule has 1 aliphatic rings. The van der Waals surface area contributed by atoms with E-state index in [0.29, 0.717) is 11.5 Å². The zero-order valence-electron chi connectivity index (χ0n) is 5.00. The van der Waals surface area contributed by atoms with Crippen molar-refractivity contribution < 1.29 is 14.6 Å². The van der Waals surface area contributed by atoms with Gasteiger partial charge >= 0.3 is 51.5 Å². The van der Waals surface area contributed by atoms with Crippen LogP contribution in [0.25, 0.3) is 0 Å². The predicted molar refractivity (Wildman–Crippen MR) is 42.0 cm³/mol. The molecule has 0 spiro atoms. The van der Waals surface area contributed by atoms with Crippen molar-refractivity contribution in [1.82, 2.24) is 0 Å².